The van der Waals surface area contributed by atoms with E-state index in [1.807, 2.05) is 0 Å². The van der Waals surface area contributed by atoms with Gasteiger partial charge in [-0.25, -0.2) is 13.1 Å². The van der Waals surface area contributed by atoms with Gasteiger partial charge in [0.2, 0.25) is 10.0 Å². The summed E-state index contributed by atoms with van der Waals surface area (Å²) in [6, 6.07) is -0.264. The smallest absolute Gasteiger partial charge is 0.214 e. The van der Waals surface area contributed by atoms with Crippen molar-refractivity contribution in [2.24, 2.45) is 0 Å². The summed E-state index contributed by atoms with van der Waals surface area (Å²) in [4.78, 5) is 0. The summed E-state index contributed by atoms with van der Waals surface area (Å²) >= 11 is 0. The van der Waals surface area contributed by atoms with Crippen LogP contribution in [0.25, 0.3) is 0 Å². The molecule has 0 aliphatic heterocycles. The standard InChI is InChI=1S/C13H25NO3S/c15-13-10-6-2-5-9-12(13)14-18(16,17)11-7-3-1-4-8-11/h11-15H,1-10H2. The first-order valence-electron chi connectivity index (χ1n) is 7.29. The Morgan fingerprint density at radius 1 is 0.833 bits per heavy atom. The molecule has 2 fully saturated rings. The molecule has 4 nitrogen and oxygen atoms in total. The fourth-order valence-electron chi connectivity index (χ4n) is 3.11. The number of sulfonamides is 1. The molecule has 5 heteroatoms. The Labute approximate surface area is 110 Å². The predicted molar refractivity (Wildman–Crippen MR) is 71.8 cm³/mol. The van der Waals surface area contributed by atoms with Crippen LogP contribution in [0.1, 0.15) is 64.2 Å². The summed E-state index contributed by atoms with van der Waals surface area (Å²) in [5, 5.41) is 9.75. The number of hydrogen-bond acceptors (Lipinski definition) is 3. The lowest BCUT2D eigenvalue weighted by molar-refractivity contribution is 0.130. The van der Waals surface area contributed by atoms with Gasteiger partial charge in [0.25, 0.3) is 0 Å². The van der Waals surface area contributed by atoms with Gasteiger partial charge in [-0.3, -0.25) is 0 Å². The van der Waals surface area contributed by atoms with Crippen molar-refractivity contribution in [3.05, 3.63) is 0 Å². The van der Waals surface area contributed by atoms with Crippen molar-refractivity contribution in [1.29, 1.82) is 0 Å². The monoisotopic (exact) mass is 275 g/mol. The molecule has 2 atom stereocenters. The highest BCUT2D eigenvalue weighted by Gasteiger charge is 2.32. The minimum absolute atomic E-state index is 0.235. The minimum Gasteiger partial charge on any atom is -0.391 e. The van der Waals surface area contributed by atoms with Crippen molar-refractivity contribution in [2.45, 2.75) is 81.6 Å². The average molecular weight is 275 g/mol. The van der Waals surface area contributed by atoms with Gasteiger partial charge in [-0.15, -0.1) is 0 Å². The first-order chi connectivity index (χ1) is 8.59. The van der Waals surface area contributed by atoms with E-state index in [0.717, 1.165) is 64.2 Å². The Hall–Kier alpha value is -0.130. The van der Waals surface area contributed by atoms with Crippen molar-refractivity contribution in [2.75, 3.05) is 0 Å². The van der Waals surface area contributed by atoms with E-state index in [1.165, 1.54) is 0 Å². The third-order valence-electron chi connectivity index (χ3n) is 4.29. The Kier molecular flexibility index (Phi) is 5.04. The zero-order chi connectivity index (χ0) is 13.0. The minimum atomic E-state index is -3.24. The highest BCUT2D eigenvalue weighted by molar-refractivity contribution is 7.90. The summed E-state index contributed by atoms with van der Waals surface area (Å²) in [7, 11) is -3.24. The zero-order valence-corrected chi connectivity index (χ0v) is 11.8. The van der Waals surface area contributed by atoms with Crippen molar-refractivity contribution in [3.63, 3.8) is 0 Å². The Morgan fingerprint density at radius 3 is 2.06 bits per heavy atom. The second kappa shape index (κ2) is 6.35. The topological polar surface area (TPSA) is 66.4 Å². The molecule has 0 bridgehead atoms. The van der Waals surface area contributed by atoms with Crippen LogP contribution in [0.2, 0.25) is 0 Å². The first kappa shape index (κ1) is 14.3. The van der Waals surface area contributed by atoms with Gasteiger partial charge in [0.1, 0.15) is 0 Å². The van der Waals surface area contributed by atoms with Gasteiger partial charge in [-0.2, -0.15) is 0 Å². The van der Waals surface area contributed by atoms with Gasteiger partial charge in [0, 0.05) is 6.04 Å². The number of aliphatic hydroxyl groups is 1. The van der Waals surface area contributed by atoms with Gasteiger partial charge >= 0.3 is 0 Å². The van der Waals surface area contributed by atoms with Crippen molar-refractivity contribution in [1.82, 2.24) is 4.72 Å². The van der Waals surface area contributed by atoms with Crippen LogP contribution in [-0.4, -0.2) is 30.9 Å². The summed E-state index contributed by atoms with van der Waals surface area (Å²) in [5.74, 6) is 0. The molecule has 0 radical (unpaired) electrons. The van der Waals surface area contributed by atoms with E-state index in [1.54, 1.807) is 0 Å². The molecule has 0 heterocycles. The van der Waals surface area contributed by atoms with E-state index in [0.29, 0.717) is 0 Å². The lowest BCUT2D eigenvalue weighted by Crippen LogP contribution is -2.46. The van der Waals surface area contributed by atoms with Crippen LogP contribution in [0.3, 0.4) is 0 Å². The molecule has 2 unspecified atom stereocenters. The lowest BCUT2D eigenvalue weighted by atomic mass is 10.0. The van der Waals surface area contributed by atoms with Gasteiger partial charge in [0.15, 0.2) is 0 Å². The van der Waals surface area contributed by atoms with E-state index in [4.69, 9.17) is 0 Å². The van der Waals surface area contributed by atoms with E-state index in [2.05, 4.69) is 4.72 Å². The Morgan fingerprint density at radius 2 is 1.39 bits per heavy atom. The molecule has 2 rings (SSSR count). The number of rotatable bonds is 3. The van der Waals surface area contributed by atoms with E-state index in [-0.39, 0.29) is 11.3 Å². The Bertz CT molecular complexity index is 349. The quantitative estimate of drug-likeness (QED) is 0.773. The summed E-state index contributed by atoms with van der Waals surface area (Å²) in [6.07, 6.45) is 8.82. The molecule has 0 saturated heterocycles. The number of nitrogens with one attached hydrogen (secondary N) is 1. The SMILES string of the molecule is O=S(=O)(NC1CCCCCC1O)C1CCCCC1. The van der Waals surface area contributed by atoms with Crippen LogP contribution < -0.4 is 4.72 Å². The average Bonchev–Trinajstić information content (AvgIpc) is 2.56. The summed E-state index contributed by atoms with van der Waals surface area (Å²) < 4.78 is 27.4. The fraction of sp³-hybridized carbons (Fsp3) is 1.00. The predicted octanol–water partition coefficient (Wildman–Crippen LogP) is 1.93. The van der Waals surface area contributed by atoms with Crippen LogP contribution >= 0.6 is 0 Å². The van der Waals surface area contributed by atoms with E-state index >= 15 is 0 Å². The van der Waals surface area contributed by atoms with Gasteiger partial charge < -0.3 is 5.11 Å². The molecule has 2 aliphatic carbocycles. The normalized spacial score (nSPS) is 32.1. The van der Waals surface area contributed by atoms with Gasteiger partial charge in [-0.1, -0.05) is 38.5 Å². The largest absolute Gasteiger partial charge is 0.391 e. The highest BCUT2D eigenvalue weighted by Crippen LogP contribution is 2.25. The number of hydrogen-bond donors (Lipinski definition) is 2. The van der Waals surface area contributed by atoms with Crippen molar-refractivity contribution >= 4 is 10.0 Å². The molecule has 18 heavy (non-hydrogen) atoms. The van der Waals surface area contributed by atoms with Crippen LogP contribution in [0, 0.1) is 0 Å². The summed E-state index contributed by atoms with van der Waals surface area (Å²) in [5.41, 5.74) is 0. The molecule has 0 amide bonds. The number of aliphatic hydroxyl groups excluding tert-OH is 1. The van der Waals surface area contributed by atoms with Gasteiger partial charge in [0.05, 0.1) is 11.4 Å². The van der Waals surface area contributed by atoms with Gasteiger partial charge in [-0.05, 0) is 25.7 Å². The van der Waals surface area contributed by atoms with E-state index in [9.17, 15) is 13.5 Å². The molecule has 0 spiro atoms. The maximum atomic E-state index is 12.3. The zero-order valence-electron chi connectivity index (χ0n) is 11.0. The molecular formula is C13H25NO3S. The fourth-order valence-corrected chi connectivity index (χ4v) is 4.95. The molecule has 0 aromatic rings. The second-order valence-corrected chi connectivity index (χ2v) is 7.73. The molecule has 0 aromatic heterocycles. The van der Waals surface area contributed by atoms with Crippen LogP contribution in [0.15, 0.2) is 0 Å². The Balaban J connectivity index is 1.97. The molecule has 2 saturated carbocycles. The van der Waals surface area contributed by atoms with E-state index < -0.39 is 16.1 Å². The maximum absolute atomic E-state index is 12.3. The van der Waals surface area contributed by atoms with Crippen molar-refractivity contribution < 1.29 is 13.5 Å². The molecular weight excluding hydrogens is 250 g/mol. The third-order valence-corrected chi connectivity index (χ3v) is 6.27. The first-order valence-corrected chi connectivity index (χ1v) is 8.83. The lowest BCUT2D eigenvalue weighted by Gasteiger charge is -2.27. The van der Waals surface area contributed by atoms with Crippen molar-refractivity contribution in [3.8, 4) is 0 Å². The second-order valence-electron chi connectivity index (χ2n) is 5.73. The summed E-state index contributed by atoms with van der Waals surface area (Å²) in [6.45, 7) is 0. The molecule has 2 aliphatic rings. The van der Waals surface area contributed by atoms with Crippen LogP contribution in [0.4, 0.5) is 0 Å². The third kappa shape index (κ3) is 3.68. The van der Waals surface area contributed by atoms with Crippen LogP contribution in [-0.2, 0) is 10.0 Å². The molecule has 106 valence electrons. The molecule has 0 aromatic carbocycles. The van der Waals surface area contributed by atoms with Crippen LogP contribution in [0.5, 0.6) is 0 Å². The highest BCUT2D eigenvalue weighted by atomic mass is 32.2. The maximum Gasteiger partial charge on any atom is 0.214 e. The molecule has 2 N–H and O–H groups in total.